The molecular weight excluding hydrogens is 347 g/mol. The summed E-state index contributed by atoms with van der Waals surface area (Å²) >= 11 is 0. The molecule has 148 valence electrons. The molecule has 0 fully saturated rings. The van der Waals surface area contributed by atoms with Gasteiger partial charge in [-0.25, -0.2) is 0 Å². The molecule has 0 spiro atoms. The van der Waals surface area contributed by atoms with Gasteiger partial charge in [-0.3, -0.25) is 4.79 Å². The normalized spacial score (nSPS) is 14.6. The predicted molar refractivity (Wildman–Crippen MR) is 94.0 cm³/mol. The van der Waals surface area contributed by atoms with Gasteiger partial charge >= 0.3 is 12.1 Å². The highest BCUT2D eigenvalue weighted by molar-refractivity contribution is 5.81. The van der Waals surface area contributed by atoms with Crippen LogP contribution in [-0.4, -0.2) is 29.9 Å². The highest BCUT2D eigenvalue weighted by Gasteiger charge is 2.47. The monoisotopic (exact) mass is 375 g/mol. The molecule has 0 aromatic heterocycles. The van der Waals surface area contributed by atoms with Crippen molar-refractivity contribution >= 4 is 5.97 Å². The van der Waals surface area contributed by atoms with Crippen molar-refractivity contribution in [3.63, 3.8) is 0 Å². The average Bonchev–Trinajstić information content (AvgIpc) is 2.44. The van der Waals surface area contributed by atoms with Crippen molar-refractivity contribution in [1.29, 1.82) is 0 Å². The summed E-state index contributed by atoms with van der Waals surface area (Å²) in [6.45, 7) is 7.30. The van der Waals surface area contributed by atoms with Gasteiger partial charge in [0, 0.05) is 6.42 Å². The minimum absolute atomic E-state index is 0.299. The van der Waals surface area contributed by atoms with Crippen molar-refractivity contribution < 1.29 is 27.4 Å². The topological polar surface area (TPSA) is 61.5 Å². The van der Waals surface area contributed by atoms with Crippen molar-refractivity contribution in [2.45, 2.75) is 70.7 Å². The first kappa shape index (κ1) is 22.3. The third kappa shape index (κ3) is 8.08. The third-order valence-corrected chi connectivity index (χ3v) is 3.51. The molecule has 7 heteroatoms. The molecule has 0 aliphatic heterocycles. The summed E-state index contributed by atoms with van der Waals surface area (Å²) in [5.41, 5.74) is 3.25. The summed E-state index contributed by atoms with van der Waals surface area (Å²) in [6, 6.07) is 6.61. The molecule has 0 saturated carbocycles. The molecule has 0 aliphatic rings. The lowest BCUT2D eigenvalue weighted by molar-refractivity contribution is -0.179. The van der Waals surface area contributed by atoms with Gasteiger partial charge in [0.15, 0.2) is 0 Å². The molecule has 0 heterocycles. The summed E-state index contributed by atoms with van der Waals surface area (Å²) in [7, 11) is 0. The van der Waals surface area contributed by atoms with Crippen molar-refractivity contribution in [3.05, 3.63) is 29.8 Å². The molecule has 1 rings (SSSR count). The van der Waals surface area contributed by atoms with E-state index in [0.717, 1.165) is 12.8 Å². The zero-order valence-electron chi connectivity index (χ0n) is 15.8. The van der Waals surface area contributed by atoms with Crippen LogP contribution in [0.2, 0.25) is 0 Å². The third-order valence-electron chi connectivity index (χ3n) is 3.51. The molecule has 0 amide bonds. The SMILES string of the molecule is CCCCOc1cccc(C[C@@](N)(CC(F)(F)F)C(=O)OC(C)(C)C)c1. The Morgan fingerprint density at radius 3 is 2.38 bits per heavy atom. The second-order valence-corrected chi connectivity index (χ2v) is 7.48. The summed E-state index contributed by atoms with van der Waals surface area (Å²) in [5.74, 6) is -0.533. The Balaban J connectivity index is 3.02. The van der Waals surface area contributed by atoms with Crippen LogP contribution in [0.15, 0.2) is 24.3 Å². The fraction of sp³-hybridized carbons (Fsp3) is 0.632. The Labute approximate surface area is 152 Å². The van der Waals surface area contributed by atoms with E-state index >= 15 is 0 Å². The van der Waals surface area contributed by atoms with E-state index < -0.39 is 29.7 Å². The lowest BCUT2D eigenvalue weighted by atomic mass is 9.88. The fourth-order valence-electron chi connectivity index (χ4n) is 2.39. The van der Waals surface area contributed by atoms with Crippen LogP contribution in [0.1, 0.15) is 52.5 Å². The lowest BCUT2D eigenvalue weighted by Crippen LogP contribution is -2.55. The van der Waals surface area contributed by atoms with Crippen LogP contribution in [0.3, 0.4) is 0 Å². The molecular formula is C19H28F3NO3. The minimum atomic E-state index is -4.60. The van der Waals surface area contributed by atoms with Gasteiger partial charge in [0.25, 0.3) is 0 Å². The maximum absolute atomic E-state index is 13.0. The number of carbonyl (C=O) groups is 1. The Bertz CT molecular complexity index is 596. The number of ether oxygens (including phenoxy) is 2. The van der Waals surface area contributed by atoms with Crippen molar-refractivity contribution in [1.82, 2.24) is 0 Å². The minimum Gasteiger partial charge on any atom is -0.494 e. The van der Waals surface area contributed by atoms with E-state index in [2.05, 4.69) is 0 Å². The number of halogens is 3. The number of alkyl halides is 3. The molecule has 1 aromatic carbocycles. The zero-order chi connectivity index (χ0) is 20.0. The van der Waals surface area contributed by atoms with Gasteiger partial charge in [-0.1, -0.05) is 25.5 Å². The summed E-state index contributed by atoms with van der Waals surface area (Å²) in [6.07, 6.45) is -4.52. The number of nitrogens with two attached hydrogens (primary N) is 1. The van der Waals surface area contributed by atoms with E-state index in [1.807, 2.05) is 6.92 Å². The molecule has 0 saturated heterocycles. The van der Waals surface area contributed by atoms with Gasteiger partial charge in [-0.2, -0.15) is 13.2 Å². The Morgan fingerprint density at radius 1 is 1.19 bits per heavy atom. The molecule has 1 aromatic rings. The van der Waals surface area contributed by atoms with Crippen LogP contribution in [0, 0.1) is 0 Å². The summed E-state index contributed by atoms with van der Waals surface area (Å²) in [5, 5.41) is 0. The van der Waals surface area contributed by atoms with Gasteiger partial charge in [-0.05, 0) is 44.9 Å². The largest absolute Gasteiger partial charge is 0.494 e. The van der Waals surface area contributed by atoms with Gasteiger partial charge in [0.05, 0.1) is 13.0 Å². The standard InChI is InChI=1S/C19H28F3NO3/c1-5-6-10-25-15-9-7-8-14(11-15)12-18(23,13-19(20,21)22)16(24)26-17(2,3)4/h7-9,11H,5-6,10,12-13,23H2,1-4H3/t18-/m1/s1. The number of benzene rings is 1. The Kier molecular flexibility index (Phi) is 7.50. The van der Waals surface area contributed by atoms with E-state index in [4.69, 9.17) is 15.2 Å². The van der Waals surface area contributed by atoms with Crippen molar-refractivity contribution in [3.8, 4) is 5.75 Å². The van der Waals surface area contributed by atoms with Crippen molar-refractivity contribution in [2.24, 2.45) is 5.73 Å². The first-order chi connectivity index (χ1) is 11.8. The Hall–Kier alpha value is -1.76. The highest BCUT2D eigenvalue weighted by Crippen LogP contribution is 2.31. The van der Waals surface area contributed by atoms with E-state index in [1.54, 1.807) is 45.0 Å². The molecule has 0 bridgehead atoms. The fourth-order valence-corrected chi connectivity index (χ4v) is 2.39. The predicted octanol–water partition coefficient (Wildman–Crippen LogP) is 4.40. The number of esters is 1. The molecule has 26 heavy (non-hydrogen) atoms. The maximum Gasteiger partial charge on any atom is 0.391 e. The van der Waals surface area contributed by atoms with Crippen LogP contribution >= 0.6 is 0 Å². The van der Waals surface area contributed by atoms with E-state index in [-0.39, 0.29) is 6.42 Å². The second kappa shape index (κ2) is 8.75. The molecule has 0 aliphatic carbocycles. The van der Waals surface area contributed by atoms with Gasteiger partial charge in [0.1, 0.15) is 16.9 Å². The van der Waals surface area contributed by atoms with Crippen LogP contribution in [0.5, 0.6) is 5.75 Å². The van der Waals surface area contributed by atoms with Crippen molar-refractivity contribution in [2.75, 3.05) is 6.61 Å². The van der Waals surface area contributed by atoms with E-state index in [9.17, 15) is 18.0 Å². The highest BCUT2D eigenvalue weighted by atomic mass is 19.4. The number of rotatable bonds is 8. The van der Waals surface area contributed by atoms with Gasteiger partial charge < -0.3 is 15.2 Å². The molecule has 0 radical (unpaired) electrons. The molecule has 4 nitrogen and oxygen atoms in total. The molecule has 2 N–H and O–H groups in total. The van der Waals surface area contributed by atoms with Crippen LogP contribution in [0.4, 0.5) is 13.2 Å². The zero-order valence-corrected chi connectivity index (χ0v) is 15.8. The van der Waals surface area contributed by atoms with E-state index in [0.29, 0.717) is 17.9 Å². The Morgan fingerprint density at radius 2 is 1.85 bits per heavy atom. The summed E-state index contributed by atoms with van der Waals surface area (Å²) < 4.78 is 49.8. The maximum atomic E-state index is 13.0. The van der Waals surface area contributed by atoms with Crippen LogP contribution < -0.4 is 10.5 Å². The number of unbranched alkanes of at least 4 members (excludes halogenated alkanes) is 1. The quantitative estimate of drug-likeness (QED) is 0.540. The van der Waals surface area contributed by atoms with E-state index in [1.165, 1.54) is 0 Å². The number of hydrogen-bond acceptors (Lipinski definition) is 4. The first-order valence-electron chi connectivity index (χ1n) is 8.65. The lowest BCUT2D eigenvalue weighted by Gasteiger charge is -2.32. The van der Waals surface area contributed by atoms with Gasteiger partial charge in [-0.15, -0.1) is 0 Å². The van der Waals surface area contributed by atoms with Crippen LogP contribution in [-0.2, 0) is 16.0 Å². The number of carbonyl (C=O) groups excluding carboxylic acids is 1. The first-order valence-corrected chi connectivity index (χ1v) is 8.65. The average molecular weight is 375 g/mol. The smallest absolute Gasteiger partial charge is 0.391 e. The van der Waals surface area contributed by atoms with Gasteiger partial charge in [0.2, 0.25) is 0 Å². The second-order valence-electron chi connectivity index (χ2n) is 7.48. The number of hydrogen-bond donors (Lipinski definition) is 1. The molecule has 1 atom stereocenters. The summed E-state index contributed by atoms with van der Waals surface area (Å²) in [4.78, 5) is 12.4. The van der Waals surface area contributed by atoms with Crippen LogP contribution in [0.25, 0.3) is 0 Å². The molecule has 0 unspecified atom stereocenters.